The third-order valence-corrected chi connectivity index (χ3v) is 3.04. The Hall–Kier alpha value is -1.30. The van der Waals surface area contributed by atoms with Crippen molar-refractivity contribution in [1.29, 1.82) is 0 Å². The standard InChI is InChI=1S/C13H23NO5/c1-13(2,3)19-12(17)14-9(7-8-15)5-6-10(14)11(16)18-4/h9-10,15H,5-8H2,1-4H3/t9-,10+/m0/s1. The highest BCUT2D eigenvalue weighted by Crippen LogP contribution is 2.29. The minimum Gasteiger partial charge on any atom is -0.467 e. The van der Waals surface area contributed by atoms with Crippen LogP contribution in [0.4, 0.5) is 4.79 Å². The molecule has 6 nitrogen and oxygen atoms in total. The van der Waals surface area contributed by atoms with E-state index in [0.29, 0.717) is 19.3 Å². The van der Waals surface area contributed by atoms with Gasteiger partial charge in [0.2, 0.25) is 0 Å². The molecule has 0 aromatic rings. The quantitative estimate of drug-likeness (QED) is 0.785. The van der Waals surface area contributed by atoms with Gasteiger partial charge in [0.15, 0.2) is 0 Å². The second kappa shape index (κ2) is 6.23. The summed E-state index contributed by atoms with van der Waals surface area (Å²) < 4.78 is 10.0. The van der Waals surface area contributed by atoms with Gasteiger partial charge in [0.1, 0.15) is 11.6 Å². The van der Waals surface area contributed by atoms with Crippen LogP contribution in [0.3, 0.4) is 0 Å². The number of aliphatic hydroxyl groups is 1. The molecule has 0 radical (unpaired) electrons. The Labute approximate surface area is 113 Å². The summed E-state index contributed by atoms with van der Waals surface area (Å²) in [4.78, 5) is 25.3. The predicted molar refractivity (Wildman–Crippen MR) is 68.6 cm³/mol. The van der Waals surface area contributed by atoms with Gasteiger partial charge in [-0.2, -0.15) is 0 Å². The van der Waals surface area contributed by atoms with E-state index in [1.807, 2.05) is 0 Å². The van der Waals surface area contributed by atoms with Crippen LogP contribution in [0.5, 0.6) is 0 Å². The van der Waals surface area contributed by atoms with Crippen molar-refractivity contribution in [2.45, 2.75) is 57.7 Å². The number of rotatable bonds is 3. The second-order valence-electron chi connectivity index (χ2n) is 5.67. The molecule has 1 fully saturated rings. The zero-order valence-electron chi connectivity index (χ0n) is 12.0. The van der Waals surface area contributed by atoms with Gasteiger partial charge in [-0.15, -0.1) is 0 Å². The lowest BCUT2D eigenvalue weighted by atomic mass is 10.1. The van der Waals surface area contributed by atoms with E-state index in [1.165, 1.54) is 12.0 Å². The Morgan fingerprint density at radius 1 is 1.32 bits per heavy atom. The van der Waals surface area contributed by atoms with Crippen LogP contribution in [0.25, 0.3) is 0 Å². The lowest BCUT2D eigenvalue weighted by molar-refractivity contribution is -0.146. The first-order valence-corrected chi connectivity index (χ1v) is 6.50. The first-order chi connectivity index (χ1) is 8.80. The molecule has 0 aromatic heterocycles. The van der Waals surface area contributed by atoms with Crippen molar-refractivity contribution in [2.75, 3.05) is 13.7 Å². The van der Waals surface area contributed by atoms with E-state index in [-0.39, 0.29) is 12.6 Å². The average molecular weight is 273 g/mol. The molecule has 0 bridgehead atoms. The SMILES string of the molecule is COC(=O)[C@H]1CC[C@@H](CCO)N1C(=O)OC(C)(C)C. The van der Waals surface area contributed by atoms with Gasteiger partial charge in [0.25, 0.3) is 0 Å². The maximum atomic E-state index is 12.2. The fourth-order valence-electron chi connectivity index (χ4n) is 2.27. The highest BCUT2D eigenvalue weighted by molar-refractivity contribution is 5.82. The summed E-state index contributed by atoms with van der Waals surface area (Å²) in [6.45, 7) is 5.29. The Morgan fingerprint density at radius 2 is 1.95 bits per heavy atom. The highest BCUT2D eigenvalue weighted by Gasteiger charge is 2.43. The van der Waals surface area contributed by atoms with Gasteiger partial charge in [-0.25, -0.2) is 9.59 Å². The first-order valence-electron chi connectivity index (χ1n) is 6.50. The minimum absolute atomic E-state index is 0.0299. The molecule has 0 aromatic carbocycles. The van der Waals surface area contributed by atoms with Crippen LogP contribution in [0, 0.1) is 0 Å². The summed E-state index contributed by atoms with van der Waals surface area (Å²) in [6, 6.07) is -0.791. The fraction of sp³-hybridized carbons (Fsp3) is 0.846. The zero-order valence-corrected chi connectivity index (χ0v) is 12.0. The molecule has 0 saturated carbocycles. The fourth-order valence-corrected chi connectivity index (χ4v) is 2.27. The van der Waals surface area contributed by atoms with Crippen LogP contribution in [0.1, 0.15) is 40.0 Å². The maximum absolute atomic E-state index is 12.2. The molecule has 0 spiro atoms. The smallest absolute Gasteiger partial charge is 0.411 e. The molecular formula is C13H23NO5. The molecule has 1 heterocycles. The number of amides is 1. The molecule has 6 heteroatoms. The van der Waals surface area contributed by atoms with E-state index in [4.69, 9.17) is 14.6 Å². The number of likely N-dealkylation sites (tertiary alicyclic amines) is 1. The topological polar surface area (TPSA) is 76.1 Å². The van der Waals surface area contributed by atoms with E-state index in [1.54, 1.807) is 20.8 Å². The van der Waals surface area contributed by atoms with Crippen molar-refractivity contribution in [3.05, 3.63) is 0 Å². The van der Waals surface area contributed by atoms with E-state index in [0.717, 1.165) is 0 Å². The normalized spacial score (nSPS) is 23.3. The predicted octanol–water partition coefficient (Wildman–Crippen LogP) is 1.31. The number of hydrogen-bond acceptors (Lipinski definition) is 5. The summed E-state index contributed by atoms with van der Waals surface area (Å²) in [5.41, 5.74) is -0.621. The molecule has 1 amide bonds. The summed E-state index contributed by atoms with van der Waals surface area (Å²) in [7, 11) is 1.30. The van der Waals surface area contributed by atoms with E-state index in [2.05, 4.69) is 0 Å². The molecule has 1 rings (SSSR count). The minimum atomic E-state index is -0.621. The van der Waals surface area contributed by atoms with Gasteiger partial charge in [0, 0.05) is 12.6 Å². The lowest BCUT2D eigenvalue weighted by Crippen LogP contribution is -2.47. The van der Waals surface area contributed by atoms with Crippen LogP contribution in [-0.4, -0.2) is 53.5 Å². The van der Waals surface area contributed by atoms with Crippen molar-refractivity contribution in [3.8, 4) is 0 Å². The maximum Gasteiger partial charge on any atom is 0.411 e. The van der Waals surface area contributed by atoms with Crippen LogP contribution in [-0.2, 0) is 14.3 Å². The molecule has 0 aliphatic carbocycles. The lowest BCUT2D eigenvalue weighted by Gasteiger charge is -2.31. The molecule has 0 unspecified atom stereocenters. The van der Waals surface area contributed by atoms with Crippen molar-refractivity contribution < 1.29 is 24.2 Å². The largest absolute Gasteiger partial charge is 0.467 e. The van der Waals surface area contributed by atoms with Crippen molar-refractivity contribution in [3.63, 3.8) is 0 Å². The number of ether oxygens (including phenoxy) is 2. The Kier molecular flexibility index (Phi) is 5.17. The number of carbonyl (C=O) groups is 2. The monoisotopic (exact) mass is 273 g/mol. The Bertz CT molecular complexity index is 336. The molecule has 110 valence electrons. The summed E-state index contributed by atoms with van der Waals surface area (Å²) >= 11 is 0. The number of carbonyl (C=O) groups excluding carboxylic acids is 2. The van der Waals surface area contributed by atoms with Crippen LogP contribution in [0.15, 0.2) is 0 Å². The molecule has 1 N–H and O–H groups in total. The van der Waals surface area contributed by atoms with E-state index >= 15 is 0 Å². The summed E-state index contributed by atoms with van der Waals surface area (Å²) in [6.07, 6.45) is 1.11. The third kappa shape index (κ3) is 4.09. The Morgan fingerprint density at radius 3 is 2.42 bits per heavy atom. The Balaban J connectivity index is 2.85. The molecule has 19 heavy (non-hydrogen) atoms. The van der Waals surface area contributed by atoms with Gasteiger partial charge in [-0.05, 0) is 40.0 Å². The number of nitrogens with zero attached hydrogens (tertiary/aromatic N) is 1. The van der Waals surface area contributed by atoms with Gasteiger partial charge in [-0.3, -0.25) is 4.90 Å². The third-order valence-electron chi connectivity index (χ3n) is 3.04. The number of hydrogen-bond donors (Lipinski definition) is 1. The summed E-state index contributed by atoms with van der Waals surface area (Å²) in [5, 5.41) is 9.05. The van der Waals surface area contributed by atoms with Crippen molar-refractivity contribution in [2.24, 2.45) is 0 Å². The zero-order chi connectivity index (χ0) is 14.6. The average Bonchev–Trinajstić information content (AvgIpc) is 2.70. The second-order valence-corrected chi connectivity index (χ2v) is 5.67. The van der Waals surface area contributed by atoms with Gasteiger partial charge in [0.05, 0.1) is 7.11 Å². The van der Waals surface area contributed by atoms with Crippen LogP contribution < -0.4 is 0 Å². The highest BCUT2D eigenvalue weighted by atomic mass is 16.6. The van der Waals surface area contributed by atoms with Gasteiger partial charge >= 0.3 is 12.1 Å². The van der Waals surface area contributed by atoms with E-state index < -0.39 is 23.7 Å². The molecule has 1 saturated heterocycles. The van der Waals surface area contributed by atoms with Crippen LogP contribution in [0.2, 0.25) is 0 Å². The number of esters is 1. The molecule has 1 aliphatic heterocycles. The molecule has 2 atom stereocenters. The van der Waals surface area contributed by atoms with Crippen LogP contribution >= 0.6 is 0 Å². The van der Waals surface area contributed by atoms with Crippen molar-refractivity contribution in [1.82, 2.24) is 4.90 Å². The first kappa shape index (κ1) is 15.8. The molecular weight excluding hydrogens is 250 g/mol. The van der Waals surface area contributed by atoms with Crippen molar-refractivity contribution >= 4 is 12.1 Å². The molecule has 1 aliphatic rings. The number of aliphatic hydroxyl groups excluding tert-OH is 1. The van der Waals surface area contributed by atoms with E-state index in [9.17, 15) is 9.59 Å². The van der Waals surface area contributed by atoms with Gasteiger partial charge < -0.3 is 14.6 Å². The van der Waals surface area contributed by atoms with Gasteiger partial charge in [-0.1, -0.05) is 0 Å². The summed E-state index contributed by atoms with van der Waals surface area (Å²) in [5.74, 6) is -0.439. The number of methoxy groups -OCH3 is 1.